The topological polar surface area (TPSA) is 85.1 Å². The van der Waals surface area contributed by atoms with E-state index in [0.717, 1.165) is 20.9 Å². The lowest BCUT2D eigenvalue weighted by molar-refractivity contribution is 0.603. The molecule has 3 aromatic rings. The maximum Gasteiger partial charge on any atom is 0.273 e. The summed E-state index contributed by atoms with van der Waals surface area (Å²) in [4.78, 5) is 5.05. The maximum absolute atomic E-state index is 12.3. The van der Waals surface area contributed by atoms with Crippen LogP contribution in [-0.2, 0) is 16.6 Å². The van der Waals surface area contributed by atoms with Crippen LogP contribution in [0.2, 0.25) is 5.02 Å². The molecule has 2 heterocycles. The summed E-state index contributed by atoms with van der Waals surface area (Å²) in [5, 5.41) is 0.904. The van der Waals surface area contributed by atoms with Crippen molar-refractivity contribution in [2.75, 3.05) is 4.72 Å². The van der Waals surface area contributed by atoms with E-state index in [1.165, 1.54) is 11.3 Å². The Morgan fingerprint density at radius 3 is 2.76 bits per heavy atom. The summed E-state index contributed by atoms with van der Waals surface area (Å²) >= 11 is 8.29. The van der Waals surface area contributed by atoms with Gasteiger partial charge in [-0.1, -0.05) is 22.9 Å². The Hall–Kier alpha value is -1.19. The predicted molar refractivity (Wildman–Crippen MR) is 87.6 cm³/mol. The van der Waals surface area contributed by atoms with Crippen LogP contribution in [0.3, 0.4) is 0 Å². The van der Waals surface area contributed by atoms with E-state index in [1.807, 2.05) is 0 Å². The number of halogens is 1. The number of thiazole rings is 1. The van der Waals surface area contributed by atoms with Crippen LogP contribution in [0.25, 0.3) is 10.2 Å². The first-order valence-electron chi connectivity index (χ1n) is 5.85. The summed E-state index contributed by atoms with van der Waals surface area (Å²) in [5.74, 6) is 0. The lowest BCUT2D eigenvalue weighted by Gasteiger charge is -2.01. The standard InChI is InChI=1S/C12H10ClN3O2S3/c13-7-1-3-9-10(5-7)20-12(15-9)16-21(17,18)11-4-2-8(6-14)19-11/h1-5H,6,14H2,(H,15,16). The van der Waals surface area contributed by atoms with Crippen LogP contribution < -0.4 is 10.5 Å². The Kier molecular flexibility index (Phi) is 3.89. The second-order valence-corrected chi connectivity index (χ2v) is 8.71. The van der Waals surface area contributed by atoms with Gasteiger partial charge in [0.1, 0.15) is 4.21 Å². The molecular weight excluding hydrogens is 350 g/mol. The van der Waals surface area contributed by atoms with Gasteiger partial charge >= 0.3 is 0 Å². The van der Waals surface area contributed by atoms with Crippen molar-refractivity contribution in [3.8, 4) is 0 Å². The van der Waals surface area contributed by atoms with Crippen LogP contribution in [0.1, 0.15) is 4.88 Å². The van der Waals surface area contributed by atoms with Crippen molar-refractivity contribution >= 4 is 59.6 Å². The minimum Gasteiger partial charge on any atom is -0.326 e. The quantitative estimate of drug-likeness (QED) is 0.748. The summed E-state index contributed by atoms with van der Waals surface area (Å²) in [7, 11) is -3.63. The molecular formula is C12H10ClN3O2S3. The van der Waals surface area contributed by atoms with Crippen molar-refractivity contribution in [3.63, 3.8) is 0 Å². The van der Waals surface area contributed by atoms with Gasteiger partial charge in [0.15, 0.2) is 5.13 Å². The molecule has 0 saturated carbocycles. The highest BCUT2D eigenvalue weighted by atomic mass is 35.5. The molecule has 21 heavy (non-hydrogen) atoms. The first-order chi connectivity index (χ1) is 9.98. The lowest BCUT2D eigenvalue weighted by atomic mass is 10.3. The molecule has 0 aliphatic heterocycles. The largest absolute Gasteiger partial charge is 0.326 e. The Balaban J connectivity index is 1.93. The molecule has 3 N–H and O–H groups in total. The number of thiophene rings is 1. The molecule has 0 aliphatic rings. The van der Waals surface area contributed by atoms with E-state index in [0.29, 0.717) is 22.2 Å². The first-order valence-corrected chi connectivity index (χ1v) is 9.35. The third kappa shape index (κ3) is 3.04. The summed E-state index contributed by atoms with van der Waals surface area (Å²) < 4.78 is 28.1. The van der Waals surface area contributed by atoms with Gasteiger partial charge in [-0.2, -0.15) is 0 Å². The van der Waals surface area contributed by atoms with Crippen LogP contribution in [0.5, 0.6) is 0 Å². The Bertz CT molecular complexity index is 902. The van der Waals surface area contributed by atoms with Crippen LogP contribution in [0.4, 0.5) is 5.13 Å². The summed E-state index contributed by atoms with van der Waals surface area (Å²) in [5.41, 5.74) is 6.20. The van der Waals surface area contributed by atoms with Gasteiger partial charge < -0.3 is 5.73 Å². The molecule has 110 valence electrons. The highest BCUT2D eigenvalue weighted by Crippen LogP contribution is 2.30. The van der Waals surface area contributed by atoms with E-state index < -0.39 is 10.0 Å². The van der Waals surface area contributed by atoms with Gasteiger partial charge in [-0.25, -0.2) is 13.4 Å². The van der Waals surface area contributed by atoms with Gasteiger partial charge in [0.25, 0.3) is 10.0 Å². The van der Waals surface area contributed by atoms with Crippen molar-refractivity contribution in [1.82, 2.24) is 4.98 Å². The summed E-state index contributed by atoms with van der Waals surface area (Å²) in [6.07, 6.45) is 0. The molecule has 0 bridgehead atoms. The molecule has 0 saturated heterocycles. The Morgan fingerprint density at radius 2 is 2.05 bits per heavy atom. The zero-order valence-corrected chi connectivity index (χ0v) is 13.7. The number of hydrogen-bond donors (Lipinski definition) is 2. The number of benzene rings is 1. The van der Waals surface area contributed by atoms with Crippen LogP contribution in [-0.4, -0.2) is 13.4 Å². The van der Waals surface area contributed by atoms with Crippen LogP contribution >= 0.6 is 34.3 Å². The fourth-order valence-electron chi connectivity index (χ4n) is 1.72. The molecule has 0 unspecified atom stereocenters. The van der Waals surface area contributed by atoms with Crippen molar-refractivity contribution in [2.24, 2.45) is 5.73 Å². The zero-order valence-electron chi connectivity index (χ0n) is 10.5. The van der Waals surface area contributed by atoms with E-state index in [2.05, 4.69) is 9.71 Å². The lowest BCUT2D eigenvalue weighted by Crippen LogP contribution is -2.11. The van der Waals surface area contributed by atoms with Crippen molar-refractivity contribution in [2.45, 2.75) is 10.8 Å². The van der Waals surface area contributed by atoms with Crippen molar-refractivity contribution < 1.29 is 8.42 Å². The van der Waals surface area contributed by atoms with Crippen molar-refractivity contribution in [1.29, 1.82) is 0 Å². The minimum absolute atomic E-state index is 0.222. The number of nitrogens with one attached hydrogen (secondary N) is 1. The van der Waals surface area contributed by atoms with Gasteiger partial charge in [-0.05, 0) is 30.3 Å². The SMILES string of the molecule is NCc1ccc(S(=O)(=O)Nc2nc3ccc(Cl)cc3s2)s1. The average molecular weight is 360 g/mol. The Labute approximate surface area is 134 Å². The molecule has 0 fully saturated rings. The van der Waals surface area contributed by atoms with E-state index >= 15 is 0 Å². The Morgan fingerprint density at radius 1 is 1.24 bits per heavy atom. The molecule has 0 amide bonds. The highest BCUT2D eigenvalue weighted by molar-refractivity contribution is 7.94. The third-order valence-electron chi connectivity index (χ3n) is 2.68. The first kappa shape index (κ1) is 14.7. The van der Waals surface area contributed by atoms with Crippen LogP contribution in [0, 0.1) is 0 Å². The second-order valence-electron chi connectivity index (χ2n) is 4.16. The average Bonchev–Trinajstić information content (AvgIpc) is 3.03. The molecule has 3 rings (SSSR count). The molecule has 0 radical (unpaired) electrons. The predicted octanol–water partition coefficient (Wildman–Crippen LogP) is 3.27. The van der Waals surface area contributed by atoms with Gasteiger partial charge in [0.05, 0.1) is 10.2 Å². The number of fused-ring (bicyclic) bond motifs is 1. The number of anilines is 1. The van der Waals surface area contributed by atoms with Gasteiger partial charge in [0, 0.05) is 16.4 Å². The number of nitrogens with zero attached hydrogens (tertiary/aromatic N) is 1. The van der Waals surface area contributed by atoms with E-state index in [9.17, 15) is 8.42 Å². The van der Waals surface area contributed by atoms with Crippen LogP contribution in [0.15, 0.2) is 34.5 Å². The maximum atomic E-state index is 12.3. The number of hydrogen-bond acceptors (Lipinski definition) is 6. The summed E-state index contributed by atoms with van der Waals surface area (Å²) in [6, 6.07) is 8.47. The van der Waals surface area contributed by atoms with Gasteiger partial charge in [-0.15, -0.1) is 11.3 Å². The highest BCUT2D eigenvalue weighted by Gasteiger charge is 2.18. The van der Waals surface area contributed by atoms with Crippen molar-refractivity contribution in [3.05, 3.63) is 40.2 Å². The second kappa shape index (κ2) is 5.54. The normalized spacial score (nSPS) is 11.9. The number of rotatable bonds is 4. The molecule has 0 spiro atoms. The fraction of sp³-hybridized carbons (Fsp3) is 0.0833. The van der Waals surface area contributed by atoms with E-state index in [-0.39, 0.29) is 4.21 Å². The summed E-state index contributed by atoms with van der Waals surface area (Å²) in [6.45, 7) is 0.319. The molecule has 0 aliphatic carbocycles. The minimum atomic E-state index is -3.63. The molecule has 2 aromatic heterocycles. The number of sulfonamides is 1. The molecule has 1 aromatic carbocycles. The third-order valence-corrected chi connectivity index (χ3v) is 6.91. The molecule has 0 atom stereocenters. The fourth-order valence-corrected chi connectivity index (χ4v) is 5.33. The number of aromatic nitrogens is 1. The smallest absolute Gasteiger partial charge is 0.273 e. The monoisotopic (exact) mass is 359 g/mol. The molecule has 9 heteroatoms. The van der Waals surface area contributed by atoms with E-state index in [1.54, 1.807) is 30.3 Å². The van der Waals surface area contributed by atoms with Gasteiger partial charge in [-0.3, -0.25) is 4.72 Å². The number of nitrogens with two attached hydrogens (primary N) is 1. The molecule has 5 nitrogen and oxygen atoms in total. The van der Waals surface area contributed by atoms with Gasteiger partial charge in [0.2, 0.25) is 0 Å². The zero-order chi connectivity index (χ0) is 15.0. The van der Waals surface area contributed by atoms with E-state index in [4.69, 9.17) is 17.3 Å².